The third kappa shape index (κ3) is 8.08. The number of hydrogen-bond donors (Lipinski definition) is 1. The molecule has 0 amide bonds. The lowest BCUT2D eigenvalue weighted by Crippen LogP contribution is -2.48. The van der Waals surface area contributed by atoms with Crippen LogP contribution in [0, 0.1) is 0 Å². The first-order valence-corrected chi connectivity index (χ1v) is 6.02. The number of rotatable bonds is 5. The molecule has 0 bridgehead atoms. The quantitative estimate of drug-likeness (QED) is 0.533. The molecule has 5 nitrogen and oxygen atoms in total. The van der Waals surface area contributed by atoms with Crippen LogP contribution in [0.2, 0.25) is 0 Å². The van der Waals surface area contributed by atoms with Gasteiger partial charge in [-0.1, -0.05) is 0 Å². The van der Waals surface area contributed by atoms with Gasteiger partial charge >= 0.3 is 36.6 Å². The Labute approximate surface area is 139 Å². The Balaban J connectivity index is 5.09. The van der Waals surface area contributed by atoms with Gasteiger partial charge in [0.1, 0.15) is 0 Å². The van der Waals surface area contributed by atoms with E-state index in [1.54, 1.807) is 0 Å². The summed E-state index contributed by atoms with van der Waals surface area (Å²) >= 11 is 0. The largest absolute Gasteiger partial charge is 0.443 e. The summed E-state index contributed by atoms with van der Waals surface area (Å²) in [6.45, 7) is 0. The Kier molecular flexibility index (Phi) is 7.40. The number of hydrogen-bond acceptors (Lipinski definition) is 5. The standard InChI is InChI=1S/C10H6F12O5/c11-7(12,13)5(8(14,15)16)26-3(24)1-2(23)4(25)27-6(9(17,18)19)10(20,21)22/h2,5-6,23H,1H2. The summed E-state index contributed by atoms with van der Waals surface area (Å²) in [6, 6.07) is 0. The highest BCUT2D eigenvalue weighted by atomic mass is 19.4. The van der Waals surface area contributed by atoms with Gasteiger partial charge in [-0.2, -0.15) is 52.7 Å². The summed E-state index contributed by atoms with van der Waals surface area (Å²) in [5, 5.41) is 8.91. The van der Waals surface area contributed by atoms with Crippen LogP contribution in [0.3, 0.4) is 0 Å². The van der Waals surface area contributed by atoms with Crippen molar-refractivity contribution < 1.29 is 76.9 Å². The Morgan fingerprint density at radius 1 is 0.667 bits per heavy atom. The highest BCUT2D eigenvalue weighted by Crippen LogP contribution is 2.37. The van der Waals surface area contributed by atoms with Crippen LogP contribution in [0.15, 0.2) is 0 Å². The lowest BCUT2D eigenvalue weighted by molar-refractivity contribution is -0.316. The maximum absolute atomic E-state index is 12.1. The molecule has 17 heteroatoms. The monoisotopic (exact) mass is 434 g/mol. The van der Waals surface area contributed by atoms with Gasteiger partial charge in [-0.05, 0) is 0 Å². The summed E-state index contributed by atoms with van der Waals surface area (Å²) in [6.07, 6.45) is -39.7. The summed E-state index contributed by atoms with van der Waals surface area (Å²) in [4.78, 5) is 21.8. The summed E-state index contributed by atoms with van der Waals surface area (Å²) in [5.74, 6) is -5.39. The van der Waals surface area contributed by atoms with Crippen molar-refractivity contribution in [1.29, 1.82) is 0 Å². The lowest BCUT2D eigenvalue weighted by atomic mass is 10.2. The van der Waals surface area contributed by atoms with Crippen molar-refractivity contribution in [3.8, 4) is 0 Å². The molecule has 0 rings (SSSR count). The van der Waals surface area contributed by atoms with Crippen molar-refractivity contribution in [2.75, 3.05) is 0 Å². The topological polar surface area (TPSA) is 72.8 Å². The van der Waals surface area contributed by atoms with E-state index in [2.05, 4.69) is 9.47 Å². The third-order valence-electron chi connectivity index (χ3n) is 2.30. The SMILES string of the molecule is O=C(CC(O)C(=O)OC(C(F)(F)F)C(F)(F)F)OC(C(F)(F)F)C(F)(F)F. The van der Waals surface area contributed by atoms with Gasteiger partial charge in [-0.15, -0.1) is 0 Å². The molecule has 0 spiro atoms. The molecule has 27 heavy (non-hydrogen) atoms. The maximum atomic E-state index is 12.1. The molecule has 1 atom stereocenters. The first-order valence-electron chi connectivity index (χ1n) is 6.02. The zero-order valence-electron chi connectivity index (χ0n) is 12.1. The van der Waals surface area contributed by atoms with Crippen molar-refractivity contribution >= 4 is 11.9 Å². The van der Waals surface area contributed by atoms with Gasteiger partial charge < -0.3 is 14.6 Å². The number of aliphatic hydroxyl groups is 1. The normalized spacial score (nSPS) is 15.1. The number of carbonyl (C=O) groups is 2. The van der Waals surface area contributed by atoms with Crippen molar-refractivity contribution in [2.45, 2.75) is 49.4 Å². The zero-order chi connectivity index (χ0) is 22.0. The third-order valence-corrected chi connectivity index (χ3v) is 2.30. The van der Waals surface area contributed by atoms with Crippen LogP contribution in [0.25, 0.3) is 0 Å². The molecular formula is C10H6F12O5. The van der Waals surface area contributed by atoms with Gasteiger partial charge in [0.2, 0.25) is 0 Å². The molecule has 0 saturated carbocycles. The van der Waals surface area contributed by atoms with E-state index in [1.165, 1.54) is 0 Å². The van der Waals surface area contributed by atoms with Crippen LogP contribution < -0.4 is 0 Å². The van der Waals surface area contributed by atoms with Crippen LogP contribution in [-0.4, -0.2) is 60.1 Å². The molecule has 0 fully saturated rings. The highest BCUT2D eigenvalue weighted by molar-refractivity contribution is 5.81. The van der Waals surface area contributed by atoms with Gasteiger partial charge in [-0.3, -0.25) is 4.79 Å². The minimum absolute atomic E-state index is 2.15. The van der Waals surface area contributed by atoms with Gasteiger partial charge in [-0.25, -0.2) is 4.79 Å². The zero-order valence-corrected chi connectivity index (χ0v) is 12.1. The molecule has 1 N–H and O–H groups in total. The molecule has 0 aromatic carbocycles. The molecule has 0 heterocycles. The molecule has 0 aliphatic rings. The summed E-state index contributed by atoms with van der Waals surface area (Å²) in [5.41, 5.74) is 0. The Morgan fingerprint density at radius 3 is 1.26 bits per heavy atom. The van der Waals surface area contributed by atoms with Crippen LogP contribution in [-0.2, 0) is 19.1 Å². The fraction of sp³-hybridized carbons (Fsp3) is 0.800. The van der Waals surface area contributed by atoms with Crippen LogP contribution in [0.5, 0.6) is 0 Å². The molecule has 0 aliphatic heterocycles. The smallest absolute Gasteiger partial charge is 0.434 e. The van der Waals surface area contributed by atoms with Crippen molar-refractivity contribution in [1.82, 2.24) is 0 Å². The fourth-order valence-electron chi connectivity index (χ4n) is 1.25. The number of halogens is 12. The van der Waals surface area contributed by atoms with Gasteiger partial charge in [0.05, 0.1) is 6.42 Å². The van der Waals surface area contributed by atoms with Crippen LogP contribution in [0.4, 0.5) is 52.7 Å². The van der Waals surface area contributed by atoms with E-state index in [4.69, 9.17) is 5.11 Å². The fourth-order valence-corrected chi connectivity index (χ4v) is 1.25. The minimum atomic E-state index is -6.22. The second-order valence-corrected chi connectivity index (χ2v) is 4.57. The average Bonchev–Trinajstić information content (AvgIpc) is 2.36. The lowest BCUT2D eigenvalue weighted by Gasteiger charge is -2.24. The molecule has 0 radical (unpaired) electrons. The molecule has 0 aliphatic carbocycles. The first-order chi connectivity index (χ1) is 11.7. The average molecular weight is 434 g/mol. The number of aliphatic hydroxyl groups excluding tert-OH is 1. The van der Waals surface area contributed by atoms with Crippen molar-refractivity contribution in [2.24, 2.45) is 0 Å². The van der Waals surface area contributed by atoms with Gasteiger partial charge in [0.25, 0.3) is 12.2 Å². The van der Waals surface area contributed by atoms with Crippen LogP contribution >= 0.6 is 0 Å². The highest BCUT2D eigenvalue weighted by Gasteiger charge is 2.61. The number of alkyl halides is 12. The summed E-state index contributed by atoms with van der Waals surface area (Å²) in [7, 11) is 0. The summed E-state index contributed by atoms with van der Waals surface area (Å²) < 4.78 is 151. The van der Waals surface area contributed by atoms with Gasteiger partial charge in [0, 0.05) is 0 Å². The van der Waals surface area contributed by atoms with Gasteiger partial charge in [0.15, 0.2) is 6.10 Å². The van der Waals surface area contributed by atoms with Crippen molar-refractivity contribution in [3.05, 3.63) is 0 Å². The Morgan fingerprint density at radius 2 is 0.963 bits per heavy atom. The van der Waals surface area contributed by atoms with Crippen LogP contribution in [0.1, 0.15) is 6.42 Å². The molecule has 0 aromatic rings. The molecule has 0 aromatic heterocycles. The number of esters is 2. The molecular weight excluding hydrogens is 428 g/mol. The van der Waals surface area contributed by atoms with E-state index >= 15 is 0 Å². The van der Waals surface area contributed by atoms with E-state index in [9.17, 15) is 62.3 Å². The van der Waals surface area contributed by atoms with Crippen molar-refractivity contribution in [3.63, 3.8) is 0 Å². The first kappa shape index (κ1) is 25.1. The second kappa shape index (κ2) is 7.97. The van der Waals surface area contributed by atoms with E-state index in [1.807, 2.05) is 0 Å². The predicted molar refractivity (Wildman–Crippen MR) is 54.6 cm³/mol. The number of ether oxygens (including phenoxy) is 2. The van der Waals surface area contributed by atoms with E-state index in [0.717, 1.165) is 0 Å². The molecule has 160 valence electrons. The second-order valence-electron chi connectivity index (χ2n) is 4.57. The van der Waals surface area contributed by atoms with E-state index < -0.39 is 61.4 Å². The Bertz CT molecular complexity index is 503. The minimum Gasteiger partial charge on any atom is -0.443 e. The number of carbonyl (C=O) groups excluding carboxylic acids is 2. The van der Waals surface area contributed by atoms with E-state index in [0.29, 0.717) is 0 Å². The molecule has 1 unspecified atom stereocenters. The van der Waals surface area contributed by atoms with E-state index in [-0.39, 0.29) is 0 Å². The Hall–Kier alpha value is -1.94. The predicted octanol–water partition coefficient (Wildman–Crippen LogP) is 2.81. The maximum Gasteiger partial charge on any atom is 0.434 e. The molecule has 0 saturated heterocycles.